The molecule has 0 spiro atoms. The van der Waals surface area contributed by atoms with Gasteiger partial charge in [-0.1, -0.05) is 11.3 Å². The van der Waals surface area contributed by atoms with Crippen molar-refractivity contribution in [3.63, 3.8) is 0 Å². The summed E-state index contributed by atoms with van der Waals surface area (Å²) in [5.74, 6) is -1.08. The molecule has 2 heterocycles. The van der Waals surface area contributed by atoms with Crippen molar-refractivity contribution in [3.05, 3.63) is 40.5 Å². The predicted molar refractivity (Wildman–Crippen MR) is 115 cm³/mol. The number of ether oxygens (including phenoxy) is 1. The van der Waals surface area contributed by atoms with E-state index < -0.39 is 21.9 Å². The van der Waals surface area contributed by atoms with Crippen molar-refractivity contribution < 1.29 is 22.7 Å². The largest absolute Gasteiger partial charge is 0.465 e. The molecule has 0 aliphatic rings. The van der Waals surface area contributed by atoms with E-state index in [0.717, 1.165) is 17.0 Å². The molecule has 3 rings (SSSR count). The number of hydrogen-bond donors (Lipinski definition) is 1. The lowest BCUT2D eigenvalue weighted by molar-refractivity contribution is -0.143. The molecule has 0 fully saturated rings. The van der Waals surface area contributed by atoms with Crippen LogP contribution in [0.25, 0.3) is 10.2 Å². The van der Waals surface area contributed by atoms with Gasteiger partial charge in [0.15, 0.2) is 10.5 Å². The molecule has 0 saturated heterocycles. The number of esters is 1. The Morgan fingerprint density at radius 2 is 2.00 bits per heavy atom. The summed E-state index contributed by atoms with van der Waals surface area (Å²) < 4.78 is 32.1. The molecule has 0 radical (unpaired) electrons. The zero-order valence-corrected chi connectivity index (χ0v) is 19.2. The number of sulfonamides is 1. The number of aryl methyl sites for hydroxylation is 1. The highest BCUT2D eigenvalue weighted by Crippen LogP contribution is 2.21. The number of benzene rings is 1. The minimum atomic E-state index is -3.91. The van der Waals surface area contributed by atoms with Gasteiger partial charge in [0.25, 0.3) is 5.91 Å². The molecule has 0 atom stereocenters. The normalized spacial score (nSPS) is 12.6. The zero-order chi connectivity index (χ0) is 22.9. The van der Waals surface area contributed by atoms with Crippen LogP contribution in [0, 0.1) is 6.92 Å². The molecule has 12 heteroatoms. The summed E-state index contributed by atoms with van der Waals surface area (Å²) in [7, 11) is -3.91. The van der Waals surface area contributed by atoms with E-state index in [1.165, 1.54) is 22.8 Å². The summed E-state index contributed by atoms with van der Waals surface area (Å²) in [6.45, 7) is 7.46. The number of amides is 1. The Morgan fingerprint density at radius 3 is 2.58 bits per heavy atom. The summed E-state index contributed by atoms with van der Waals surface area (Å²) in [5.41, 5.74) is 1.53. The Labute approximate surface area is 183 Å². The van der Waals surface area contributed by atoms with Gasteiger partial charge in [-0.15, -0.1) is 0 Å². The second kappa shape index (κ2) is 8.73. The number of carbonyl (C=O) groups excluding carboxylic acids is 2. The fraction of sp³-hybridized carbons (Fsp3) is 0.368. The standard InChI is InChI=1S/C19H23N5O5S2/c1-5-29-17(25)10-23-15-7-6-13(31(20,27)28)9-16(15)30-19(23)21-18(26)14-8-12(4)24(22-14)11(2)3/h6-9,11H,5,10H2,1-4H3,(H2,20,27,28). The number of hydrogen-bond acceptors (Lipinski definition) is 7. The van der Waals surface area contributed by atoms with Crippen molar-refractivity contribution in [2.24, 2.45) is 10.1 Å². The molecule has 10 nitrogen and oxygen atoms in total. The highest BCUT2D eigenvalue weighted by Gasteiger charge is 2.17. The van der Waals surface area contributed by atoms with Crippen LogP contribution >= 0.6 is 11.3 Å². The molecule has 31 heavy (non-hydrogen) atoms. The third kappa shape index (κ3) is 4.92. The van der Waals surface area contributed by atoms with Gasteiger partial charge in [-0.25, -0.2) is 13.6 Å². The third-order valence-electron chi connectivity index (χ3n) is 4.40. The molecule has 0 bridgehead atoms. The lowest BCUT2D eigenvalue weighted by Crippen LogP contribution is -2.23. The van der Waals surface area contributed by atoms with E-state index in [2.05, 4.69) is 10.1 Å². The van der Waals surface area contributed by atoms with E-state index in [4.69, 9.17) is 9.88 Å². The summed E-state index contributed by atoms with van der Waals surface area (Å²) in [4.78, 5) is 29.2. The van der Waals surface area contributed by atoms with Crippen LogP contribution in [0.2, 0.25) is 0 Å². The zero-order valence-electron chi connectivity index (χ0n) is 17.5. The van der Waals surface area contributed by atoms with E-state index >= 15 is 0 Å². The molecular formula is C19H23N5O5S2. The molecule has 0 unspecified atom stereocenters. The molecule has 2 N–H and O–H groups in total. The Hall–Kier alpha value is -2.83. The van der Waals surface area contributed by atoms with Gasteiger partial charge in [-0.2, -0.15) is 10.1 Å². The van der Waals surface area contributed by atoms with E-state index in [-0.39, 0.29) is 34.6 Å². The van der Waals surface area contributed by atoms with Crippen LogP contribution in [0.15, 0.2) is 34.2 Å². The number of rotatable bonds is 6. The number of thiazole rings is 1. The third-order valence-corrected chi connectivity index (χ3v) is 6.36. The Bertz CT molecular complexity index is 1330. The van der Waals surface area contributed by atoms with E-state index in [9.17, 15) is 18.0 Å². The van der Waals surface area contributed by atoms with Crippen molar-refractivity contribution >= 4 is 43.5 Å². The summed E-state index contributed by atoms with van der Waals surface area (Å²) >= 11 is 1.07. The van der Waals surface area contributed by atoms with Gasteiger partial charge in [-0.3, -0.25) is 14.3 Å². The molecule has 1 aromatic carbocycles. The van der Waals surface area contributed by atoms with Crippen LogP contribution in [0.1, 0.15) is 43.0 Å². The van der Waals surface area contributed by atoms with Crippen LogP contribution < -0.4 is 9.94 Å². The molecule has 0 aliphatic heterocycles. The minimum Gasteiger partial charge on any atom is -0.465 e. The van der Waals surface area contributed by atoms with Gasteiger partial charge in [0.2, 0.25) is 10.0 Å². The maximum absolute atomic E-state index is 12.8. The quantitative estimate of drug-likeness (QED) is 0.550. The maximum atomic E-state index is 12.8. The first kappa shape index (κ1) is 22.8. The lowest BCUT2D eigenvalue weighted by atomic mass is 10.3. The first-order chi connectivity index (χ1) is 14.5. The van der Waals surface area contributed by atoms with E-state index in [0.29, 0.717) is 10.2 Å². The monoisotopic (exact) mass is 465 g/mol. The average Bonchev–Trinajstić information content (AvgIpc) is 3.22. The van der Waals surface area contributed by atoms with Crippen molar-refractivity contribution in [2.75, 3.05) is 6.61 Å². The molecule has 0 saturated carbocycles. The lowest BCUT2D eigenvalue weighted by Gasteiger charge is -2.06. The highest BCUT2D eigenvalue weighted by molar-refractivity contribution is 7.89. The number of fused-ring (bicyclic) bond motifs is 1. The maximum Gasteiger partial charge on any atom is 0.326 e. The number of aromatic nitrogens is 3. The van der Waals surface area contributed by atoms with Gasteiger partial charge in [0, 0.05) is 11.7 Å². The molecule has 0 aliphatic carbocycles. The van der Waals surface area contributed by atoms with Crippen LogP contribution in [-0.4, -0.2) is 41.2 Å². The van der Waals surface area contributed by atoms with Gasteiger partial charge in [-0.05, 0) is 52.0 Å². The van der Waals surface area contributed by atoms with Gasteiger partial charge < -0.3 is 9.30 Å². The minimum absolute atomic E-state index is 0.0753. The highest BCUT2D eigenvalue weighted by atomic mass is 32.2. The fourth-order valence-electron chi connectivity index (χ4n) is 3.06. The second-order valence-corrected chi connectivity index (χ2v) is 9.65. The summed E-state index contributed by atoms with van der Waals surface area (Å²) in [5, 5.41) is 9.53. The number of primary sulfonamides is 1. The van der Waals surface area contributed by atoms with Crippen LogP contribution in [-0.2, 0) is 26.1 Å². The van der Waals surface area contributed by atoms with Crippen LogP contribution in [0.5, 0.6) is 0 Å². The molecule has 1 amide bonds. The number of nitrogens with two attached hydrogens (primary N) is 1. The smallest absolute Gasteiger partial charge is 0.326 e. The van der Waals surface area contributed by atoms with Crippen molar-refractivity contribution in [3.8, 4) is 0 Å². The molecule has 2 aromatic heterocycles. The molecule has 3 aromatic rings. The van der Waals surface area contributed by atoms with Crippen molar-refractivity contribution in [1.29, 1.82) is 0 Å². The van der Waals surface area contributed by atoms with Crippen molar-refractivity contribution in [1.82, 2.24) is 14.3 Å². The Morgan fingerprint density at radius 1 is 1.29 bits per heavy atom. The number of nitrogens with zero attached hydrogens (tertiary/aromatic N) is 4. The summed E-state index contributed by atoms with van der Waals surface area (Å²) in [6.07, 6.45) is 0. The van der Waals surface area contributed by atoms with E-state index in [1.807, 2.05) is 20.8 Å². The number of carbonyl (C=O) groups is 2. The topological polar surface area (TPSA) is 139 Å². The Balaban J connectivity index is 2.15. The molecular weight excluding hydrogens is 442 g/mol. The van der Waals surface area contributed by atoms with Crippen molar-refractivity contribution in [2.45, 2.75) is 45.2 Å². The van der Waals surface area contributed by atoms with Crippen LogP contribution in [0.3, 0.4) is 0 Å². The Kier molecular flexibility index (Phi) is 6.43. The first-order valence-electron chi connectivity index (χ1n) is 9.48. The van der Waals surface area contributed by atoms with E-state index in [1.54, 1.807) is 17.7 Å². The van der Waals surface area contributed by atoms with Gasteiger partial charge in [0.05, 0.1) is 21.7 Å². The van der Waals surface area contributed by atoms with Gasteiger partial charge in [0.1, 0.15) is 6.54 Å². The fourth-order valence-corrected chi connectivity index (χ4v) is 4.75. The first-order valence-corrected chi connectivity index (χ1v) is 11.8. The van der Waals surface area contributed by atoms with Crippen LogP contribution in [0.4, 0.5) is 0 Å². The predicted octanol–water partition coefficient (Wildman–Crippen LogP) is 1.74. The second-order valence-electron chi connectivity index (χ2n) is 7.08. The molecule has 166 valence electrons. The summed E-state index contributed by atoms with van der Waals surface area (Å²) in [6, 6.07) is 5.97. The average molecular weight is 466 g/mol. The SMILES string of the molecule is CCOC(=O)Cn1c(=NC(=O)c2cc(C)n(C(C)C)n2)sc2cc(S(N)(=O)=O)ccc21. The van der Waals surface area contributed by atoms with Gasteiger partial charge >= 0.3 is 5.97 Å².